The topological polar surface area (TPSA) is 81.8 Å². The monoisotopic (exact) mass is 432 g/mol. The molecule has 1 heterocycles. The van der Waals surface area contributed by atoms with Gasteiger partial charge in [0.25, 0.3) is 0 Å². The second kappa shape index (κ2) is 9.23. The third kappa shape index (κ3) is 5.14. The summed E-state index contributed by atoms with van der Waals surface area (Å²) in [6.07, 6.45) is 0.167. The van der Waals surface area contributed by atoms with E-state index in [4.69, 9.17) is 11.6 Å². The predicted octanol–water partition coefficient (Wildman–Crippen LogP) is 3.11. The smallest absolute Gasteiger partial charge is 0.241 e. The maximum atomic E-state index is 13.8. The van der Waals surface area contributed by atoms with Gasteiger partial charge in [0.05, 0.1) is 30.2 Å². The first-order chi connectivity index (χ1) is 14.2. The molecule has 0 fully saturated rings. The minimum absolute atomic E-state index is 0.0174. The molecule has 158 valence electrons. The summed E-state index contributed by atoms with van der Waals surface area (Å²) < 4.78 is 13.8. The molecule has 0 aliphatic carbocycles. The number of halogens is 2. The van der Waals surface area contributed by atoms with E-state index in [-0.39, 0.29) is 48.1 Å². The van der Waals surface area contributed by atoms with E-state index in [1.54, 1.807) is 43.1 Å². The molecule has 1 aliphatic rings. The number of nitrogens with one attached hydrogen (secondary N) is 2. The van der Waals surface area contributed by atoms with Gasteiger partial charge < -0.3 is 15.5 Å². The molecule has 2 aromatic rings. The number of benzene rings is 2. The van der Waals surface area contributed by atoms with Gasteiger partial charge in [-0.3, -0.25) is 19.3 Å². The Bertz CT molecular complexity index is 984. The zero-order chi connectivity index (χ0) is 21.8. The summed E-state index contributed by atoms with van der Waals surface area (Å²) in [5, 5.41) is 5.50. The first-order valence-corrected chi connectivity index (χ1v) is 9.77. The Labute approximate surface area is 178 Å². The van der Waals surface area contributed by atoms with Crippen molar-refractivity contribution in [2.75, 3.05) is 35.7 Å². The van der Waals surface area contributed by atoms with Gasteiger partial charge in [0.1, 0.15) is 5.82 Å². The third-order valence-electron chi connectivity index (χ3n) is 4.65. The number of hydrogen-bond acceptors (Lipinski definition) is 4. The third-order valence-corrected chi connectivity index (χ3v) is 4.89. The quantitative estimate of drug-likeness (QED) is 0.760. The highest BCUT2D eigenvalue weighted by atomic mass is 35.5. The van der Waals surface area contributed by atoms with Crippen molar-refractivity contribution in [3.8, 4) is 0 Å². The van der Waals surface area contributed by atoms with Crippen LogP contribution in [0.15, 0.2) is 42.5 Å². The van der Waals surface area contributed by atoms with Crippen molar-refractivity contribution in [1.82, 2.24) is 4.90 Å². The van der Waals surface area contributed by atoms with Crippen molar-refractivity contribution in [2.45, 2.75) is 19.4 Å². The van der Waals surface area contributed by atoms with Crippen LogP contribution in [-0.4, -0.2) is 48.8 Å². The van der Waals surface area contributed by atoms with Crippen LogP contribution in [0.3, 0.4) is 0 Å². The summed E-state index contributed by atoms with van der Waals surface area (Å²) in [6, 6.07) is 10.7. The van der Waals surface area contributed by atoms with E-state index in [0.717, 1.165) is 6.07 Å². The Morgan fingerprint density at radius 1 is 1.27 bits per heavy atom. The average Bonchev–Trinajstić information content (AvgIpc) is 2.77. The normalized spacial score (nSPS) is 16.0. The molecule has 3 amide bonds. The lowest BCUT2D eigenvalue weighted by Crippen LogP contribution is -2.45. The van der Waals surface area contributed by atoms with E-state index in [1.807, 2.05) is 0 Å². The highest BCUT2D eigenvalue weighted by Crippen LogP contribution is 2.31. The Morgan fingerprint density at radius 2 is 2.00 bits per heavy atom. The van der Waals surface area contributed by atoms with Crippen LogP contribution in [0.4, 0.5) is 21.5 Å². The maximum absolute atomic E-state index is 13.8. The van der Waals surface area contributed by atoms with Crippen LogP contribution < -0.4 is 15.5 Å². The van der Waals surface area contributed by atoms with Crippen molar-refractivity contribution in [2.24, 2.45) is 0 Å². The van der Waals surface area contributed by atoms with Crippen molar-refractivity contribution >= 4 is 46.4 Å². The van der Waals surface area contributed by atoms with E-state index in [0.29, 0.717) is 11.4 Å². The van der Waals surface area contributed by atoms with E-state index in [2.05, 4.69) is 10.6 Å². The van der Waals surface area contributed by atoms with Crippen molar-refractivity contribution in [1.29, 1.82) is 0 Å². The lowest BCUT2D eigenvalue weighted by atomic mass is 10.1. The van der Waals surface area contributed by atoms with E-state index in [9.17, 15) is 18.8 Å². The van der Waals surface area contributed by atoms with Crippen LogP contribution in [0.2, 0.25) is 5.02 Å². The zero-order valence-electron chi connectivity index (χ0n) is 16.6. The molecule has 1 unspecified atom stereocenters. The van der Waals surface area contributed by atoms with Gasteiger partial charge in [0.15, 0.2) is 0 Å². The summed E-state index contributed by atoms with van der Waals surface area (Å²) in [5.74, 6) is -1.52. The Hall–Kier alpha value is -2.97. The molecule has 1 aliphatic heterocycles. The van der Waals surface area contributed by atoms with E-state index >= 15 is 0 Å². The molecular weight excluding hydrogens is 411 g/mol. The number of carbonyl (C=O) groups is 3. The fourth-order valence-corrected chi connectivity index (χ4v) is 3.52. The SMILES string of the molecule is CC1CC(=O)Nc2ccccc2N1C(=O)CN(C)CC(=O)Nc1ccc(Cl)cc1F. The van der Waals surface area contributed by atoms with E-state index < -0.39 is 11.7 Å². The lowest BCUT2D eigenvalue weighted by Gasteiger charge is -2.29. The Kier molecular flexibility index (Phi) is 6.69. The first-order valence-electron chi connectivity index (χ1n) is 9.39. The van der Waals surface area contributed by atoms with Crippen LogP contribution in [0.1, 0.15) is 13.3 Å². The summed E-state index contributed by atoms with van der Waals surface area (Å²) in [5.41, 5.74) is 1.20. The molecular formula is C21H22ClFN4O3. The molecule has 0 saturated carbocycles. The molecule has 0 radical (unpaired) electrons. The van der Waals surface area contributed by atoms with Crippen LogP contribution in [0.25, 0.3) is 0 Å². The molecule has 3 rings (SSSR count). The second-order valence-corrected chi connectivity index (χ2v) is 7.66. The first kappa shape index (κ1) is 21.7. The molecule has 30 heavy (non-hydrogen) atoms. The molecule has 7 nitrogen and oxygen atoms in total. The standard InChI is InChI=1S/C21H22ClFN4O3/c1-13-9-19(28)25-17-5-3-4-6-18(17)27(13)21(30)12-26(2)11-20(29)24-16-8-7-14(22)10-15(16)23/h3-8,10,13H,9,11-12H2,1-2H3,(H,24,29)(H,25,28). The van der Waals surface area contributed by atoms with Gasteiger partial charge in [-0.2, -0.15) is 0 Å². The van der Waals surface area contributed by atoms with Gasteiger partial charge in [0, 0.05) is 17.5 Å². The second-order valence-electron chi connectivity index (χ2n) is 7.23. The van der Waals surface area contributed by atoms with Crippen LogP contribution in [-0.2, 0) is 14.4 Å². The Morgan fingerprint density at radius 3 is 2.73 bits per heavy atom. The molecule has 1 atom stereocenters. The lowest BCUT2D eigenvalue weighted by molar-refractivity contribution is -0.121. The van der Waals surface area contributed by atoms with Crippen molar-refractivity contribution < 1.29 is 18.8 Å². The highest BCUT2D eigenvalue weighted by molar-refractivity contribution is 6.30. The molecule has 9 heteroatoms. The molecule has 2 aromatic carbocycles. The van der Waals surface area contributed by atoms with E-state index in [1.165, 1.54) is 17.0 Å². The fraction of sp³-hybridized carbons (Fsp3) is 0.286. The molecule has 2 N–H and O–H groups in total. The van der Waals surface area contributed by atoms with Gasteiger partial charge in [-0.1, -0.05) is 23.7 Å². The number of para-hydroxylation sites is 2. The number of likely N-dealkylation sites (N-methyl/N-ethyl adjacent to an activating group) is 1. The number of nitrogens with zero attached hydrogens (tertiary/aromatic N) is 2. The number of rotatable bonds is 5. The van der Waals surface area contributed by atoms with Crippen molar-refractivity contribution in [3.05, 3.63) is 53.3 Å². The number of amides is 3. The van der Waals surface area contributed by atoms with Gasteiger partial charge >= 0.3 is 0 Å². The number of anilines is 3. The van der Waals surface area contributed by atoms with Gasteiger partial charge in [-0.25, -0.2) is 4.39 Å². The number of hydrogen-bond donors (Lipinski definition) is 2. The minimum Gasteiger partial charge on any atom is -0.324 e. The highest BCUT2D eigenvalue weighted by Gasteiger charge is 2.30. The largest absolute Gasteiger partial charge is 0.324 e. The number of carbonyl (C=O) groups excluding carboxylic acids is 3. The maximum Gasteiger partial charge on any atom is 0.241 e. The van der Waals surface area contributed by atoms with Crippen LogP contribution in [0.5, 0.6) is 0 Å². The predicted molar refractivity (Wildman–Crippen MR) is 114 cm³/mol. The van der Waals surface area contributed by atoms with Gasteiger partial charge in [-0.15, -0.1) is 0 Å². The molecule has 0 saturated heterocycles. The fourth-order valence-electron chi connectivity index (χ4n) is 3.36. The summed E-state index contributed by atoms with van der Waals surface area (Å²) in [6.45, 7) is 1.63. The molecule has 0 aromatic heterocycles. The van der Waals surface area contributed by atoms with Crippen LogP contribution >= 0.6 is 11.6 Å². The summed E-state index contributed by atoms with van der Waals surface area (Å²) in [7, 11) is 1.62. The van der Waals surface area contributed by atoms with Crippen molar-refractivity contribution in [3.63, 3.8) is 0 Å². The average molecular weight is 433 g/mol. The zero-order valence-corrected chi connectivity index (χ0v) is 17.4. The Balaban J connectivity index is 1.66. The summed E-state index contributed by atoms with van der Waals surface area (Å²) in [4.78, 5) is 40.4. The number of fused-ring (bicyclic) bond motifs is 1. The van der Waals surface area contributed by atoms with Crippen LogP contribution in [0, 0.1) is 5.82 Å². The molecule has 0 bridgehead atoms. The van der Waals surface area contributed by atoms with Gasteiger partial charge in [0.2, 0.25) is 17.7 Å². The summed E-state index contributed by atoms with van der Waals surface area (Å²) >= 11 is 5.71. The molecule has 0 spiro atoms. The minimum atomic E-state index is -0.637. The van der Waals surface area contributed by atoms with Gasteiger partial charge in [-0.05, 0) is 44.3 Å².